The van der Waals surface area contributed by atoms with Gasteiger partial charge in [-0.05, 0) is 42.5 Å². The molecule has 0 radical (unpaired) electrons. The van der Waals surface area contributed by atoms with E-state index in [1.807, 2.05) is 18.2 Å². The Labute approximate surface area is 122 Å². The summed E-state index contributed by atoms with van der Waals surface area (Å²) in [4.78, 5) is 0. The number of hydrogen-bond donors (Lipinski definition) is 1. The van der Waals surface area contributed by atoms with Crippen LogP contribution in [0.25, 0.3) is 11.4 Å². The van der Waals surface area contributed by atoms with Crippen LogP contribution in [0.15, 0.2) is 30.3 Å². The van der Waals surface area contributed by atoms with Gasteiger partial charge in [0, 0.05) is 12.1 Å². The largest absolute Gasteiger partial charge is 0.300 e. The van der Waals surface area contributed by atoms with Crippen molar-refractivity contribution in [2.45, 2.75) is 19.4 Å². The molecule has 0 aliphatic carbocycles. The van der Waals surface area contributed by atoms with Crippen LogP contribution in [-0.4, -0.2) is 26.3 Å². The topological polar surface area (TPSA) is 33.6 Å². The van der Waals surface area contributed by atoms with E-state index < -0.39 is 0 Å². The minimum Gasteiger partial charge on any atom is -0.300 e. The Hall–Kier alpha value is -1.07. The third kappa shape index (κ3) is 2.92. The summed E-state index contributed by atoms with van der Waals surface area (Å²) in [6, 6.07) is 10.3. The molecule has 1 aromatic heterocycles. The third-order valence-corrected chi connectivity index (χ3v) is 4.93. The van der Waals surface area contributed by atoms with E-state index in [9.17, 15) is 0 Å². The van der Waals surface area contributed by atoms with Gasteiger partial charge in [-0.2, -0.15) is 16.9 Å². The maximum Gasteiger partial charge on any atom is 0.195 e. The van der Waals surface area contributed by atoms with Gasteiger partial charge in [0.15, 0.2) is 10.6 Å². The van der Waals surface area contributed by atoms with Crippen LogP contribution >= 0.6 is 24.0 Å². The van der Waals surface area contributed by atoms with Crippen LogP contribution in [0, 0.1) is 10.7 Å². The van der Waals surface area contributed by atoms with Gasteiger partial charge in [0.2, 0.25) is 0 Å². The molecule has 3 rings (SSSR count). The molecule has 1 aliphatic heterocycles. The van der Waals surface area contributed by atoms with Gasteiger partial charge >= 0.3 is 0 Å². The smallest absolute Gasteiger partial charge is 0.195 e. The molecule has 3 nitrogen and oxygen atoms in total. The van der Waals surface area contributed by atoms with Gasteiger partial charge in [-0.15, -0.1) is 0 Å². The molecule has 0 saturated carbocycles. The van der Waals surface area contributed by atoms with Gasteiger partial charge in [-0.1, -0.05) is 30.3 Å². The van der Waals surface area contributed by atoms with Crippen molar-refractivity contribution in [1.29, 1.82) is 0 Å². The van der Waals surface area contributed by atoms with Crippen LogP contribution < -0.4 is 0 Å². The van der Waals surface area contributed by atoms with Crippen molar-refractivity contribution in [2.75, 3.05) is 11.5 Å². The fraction of sp³-hybridized carbons (Fsp3) is 0.429. The number of aromatic nitrogens is 3. The van der Waals surface area contributed by atoms with E-state index in [0.29, 0.717) is 0 Å². The second-order valence-electron chi connectivity index (χ2n) is 4.88. The molecule has 100 valence electrons. The molecule has 1 saturated heterocycles. The average molecular weight is 291 g/mol. The Morgan fingerprint density at radius 1 is 1.26 bits per heavy atom. The van der Waals surface area contributed by atoms with E-state index in [-0.39, 0.29) is 0 Å². The quantitative estimate of drug-likeness (QED) is 0.874. The normalized spacial score (nSPS) is 16.6. The Kier molecular flexibility index (Phi) is 4.03. The molecule has 19 heavy (non-hydrogen) atoms. The Bertz CT molecular complexity index is 582. The molecule has 2 aromatic rings. The standard InChI is InChI=1S/C14H17N3S2/c18-14-16-15-13(12-4-2-1-3-5-12)17(14)10-11-6-8-19-9-7-11/h1-5,11H,6-10H2,(H,16,18). The van der Waals surface area contributed by atoms with Crippen LogP contribution in [-0.2, 0) is 6.54 Å². The van der Waals surface area contributed by atoms with Crippen molar-refractivity contribution >= 4 is 24.0 Å². The van der Waals surface area contributed by atoms with Crippen LogP contribution in [0.4, 0.5) is 0 Å². The van der Waals surface area contributed by atoms with Crippen molar-refractivity contribution in [3.63, 3.8) is 0 Å². The molecule has 1 N–H and O–H groups in total. The molecule has 0 amide bonds. The van der Waals surface area contributed by atoms with Crippen LogP contribution in [0.1, 0.15) is 12.8 Å². The number of H-pyrrole nitrogens is 1. The Balaban J connectivity index is 1.88. The number of aromatic amines is 1. The zero-order valence-electron chi connectivity index (χ0n) is 10.7. The van der Waals surface area contributed by atoms with Crippen molar-refractivity contribution < 1.29 is 0 Å². The van der Waals surface area contributed by atoms with Crippen LogP contribution in [0.5, 0.6) is 0 Å². The molecule has 1 aliphatic rings. The first kappa shape index (κ1) is 12.9. The first-order chi connectivity index (χ1) is 9.34. The molecular formula is C14H17N3S2. The van der Waals surface area contributed by atoms with Crippen molar-refractivity contribution in [3.8, 4) is 11.4 Å². The predicted octanol–water partition coefficient (Wildman–Crippen LogP) is 3.75. The van der Waals surface area contributed by atoms with Gasteiger partial charge in [-0.25, -0.2) is 0 Å². The highest BCUT2D eigenvalue weighted by Crippen LogP contribution is 2.26. The first-order valence-electron chi connectivity index (χ1n) is 6.63. The molecule has 1 aromatic carbocycles. The molecule has 0 spiro atoms. The first-order valence-corrected chi connectivity index (χ1v) is 8.19. The molecule has 1 fully saturated rings. The minimum absolute atomic E-state index is 0.730. The number of benzene rings is 1. The van der Waals surface area contributed by atoms with Crippen molar-refractivity contribution in [1.82, 2.24) is 14.8 Å². The average Bonchev–Trinajstić information content (AvgIpc) is 2.82. The van der Waals surface area contributed by atoms with Crippen LogP contribution in [0.3, 0.4) is 0 Å². The number of nitrogens with zero attached hydrogens (tertiary/aromatic N) is 2. The summed E-state index contributed by atoms with van der Waals surface area (Å²) in [7, 11) is 0. The lowest BCUT2D eigenvalue weighted by Gasteiger charge is -2.22. The lowest BCUT2D eigenvalue weighted by atomic mass is 10.0. The number of nitrogens with one attached hydrogen (secondary N) is 1. The molecule has 2 heterocycles. The summed E-state index contributed by atoms with van der Waals surface area (Å²) in [5, 5.41) is 7.33. The summed E-state index contributed by atoms with van der Waals surface area (Å²) >= 11 is 7.44. The minimum atomic E-state index is 0.730. The van der Waals surface area contributed by atoms with E-state index >= 15 is 0 Å². The zero-order valence-corrected chi connectivity index (χ0v) is 12.3. The van der Waals surface area contributed by atoms with Gasteiger partial charge in [-0.3, -0.25) is 9.67 Å². The van der Waals surface area contributed by atoms with Crippen molar-refractivity contribution in [2.24, 2.45) is 5.92 Å². The summed E-state index contributed by atoms with van der Waals surface area (Å²) in [5.41, 5.74) is 1.13. The lowest BCUT2D eigenvalue weighted by molar-refractivity contribution is 0.416. The van der Waals surface area contributed by atoms with E-state index in [1.165, 1.54) is 24.3 Å². The van der Waals surface area contributed by atoms with E-state index in [1.54, 1.807) is 0 Å². The Morgan fingerprint density at radius 2 is 2.00 bits per heavy atom. The third-order valence-electron chi connectivity index (χ3n) is 3.57. The fourth-order valence-electron chi connectivity index (χ4n) is 2.48. The Morgan fingerprint density at radius 3 is 2.74 bits per heavy atom. The lowest BCUT2D eigenvalue weighted by Crippen LogP contribution is -2.17. The SMILES string of the molecule is S=c1[nH]nc(-c2ccccc2)n1CC1CCSCC1. The molecular weight excluding hydrogens is 274 g/mol. The molecule has 0 bridgehead atoms. The summed E-state index contributed by atoms with van der Waals surface area (Å²) in [6.45, 7) is 0.986. The number of thioether (sulfide) groups is 1. The highest BCUT2D eigenvalue weighted by Gasteiger charge is 2.17. The molecule has 0 atom stereocenters. The van der Waals surface area contributed by atoms with Gasteiger partial charge in [0.1, 0.15) is 0 Å². The van der Waals surface area contributed by atoms with E-state index in [4.69, 9.17) is 12.2 Å². The van der Waals surface area contributed by atoms with Gasteiger partial charge in [0.25, 0.3) is 0 Å². The number of hydrogen-bond acceptors (Lipinski definition) is 3. The van der Waals surface area contributed by atoms with Gasteiger partial charge in [0.05, 0.1) is 0 Å². The molecule has 5 heteroatoms. The molecule has 0 unspecified atom stereocenters. The van der Waals surface area contributed by atoms with Crippen LogP contribution in [0.2, 0.25) is 0 Å². The second kappa shape index (κ2) is 5.92. The second-order valence-corrected chi connectivity index (χ2v) is 6.50. The number of rotatable bonds is 3. The highest BCUT2D eigenvalue weighted by atomic mass is 32.2. The summed E-state index contributed by atoms with van der Waals surface area (Å²) in [5.74, 6) is 4.24. The van der Waals surface area contributed by atoms with Crippen molar-refractivity contribution in [3.05, 3.63) is 35.1 Å². The monoisotopic (exact) mass is 291 g/mol. The summed E-state index contributed by atoms with van der Waals surface area (Å²) in [6.07, 6.45) is 2.57. The maximum atomic E-state index is 5.38. The predicted molar refractivity (Wildman–Crippen MR) is 82.9 cm³/mol. The highest BCUT2D eigenvalue weighted by molar-refractivity contribution is 7.99. The van der Waals surface area contributed by atoms with E-state index in [2.05, 4.69) is 38.7 Å². The maximum absolute atomic E-state index is 5.38. The zero-order chi connectivity index (χ0) is 13.1. The van der Waals surface area contributed by atoms with E-state index in [0.717, 1.165) is 28.6 Å². The summed E-state index contributed by atoms with van der Waals surface area (Å²) < 4.78 is 2.89. The van der Waals surface area contributed by atoms with Gasteiger partial charge < -0.3 is 0 Å². The fourth-order valence-corrected chi connectivity index (χ4v) is 3.89.